The van der Waals surface area contributed by atoms with Crippen molar-refractivity contribution < 1.29 is 9.18 Å². The topological polar surface area (TPSA) is 42.9 Å². The Morgan fingerprint density at radius 3 is 2.62 bits per heavy atom. The molecule has 0 saturated carbocycles. The van der Waals surface area contributed by atoms with Gasteiger partial charge in [-0.2, -0.15) is 0 Å². The fourth-order valence-corrected chi connectivity index (χ4v) is 1.34. The van der Waals surface area contributed by atoms with E-state index in [9.17, 15) is 9.18 Å². The molecule has 0 amide bonds. The maximum absolute atomic E-state index is 13.2. The van der Waals surface area contributed by atoms with Gasteiger partial charge < -0.3 is 0 Å². The molecule has 0 aromatic carbocycles. The van der Waals surface area contributed by atoms with Gasteiger partial charge in [0.15, 0.2) is 11.6 Å². The summed E-state index contributed by atoms with van der Waals surface area (Å²) in [6.07, 6.45) is 3.06. The van der Waals surface area contributed by atoms with Crippen LogP contribution in [-0.2, 0) is 6.42 Å². The summed E-state index contributed by atoms with van der Waals surface area (Å²) < 4.78 is 13.2. The van der Waals surface area contributed by atoms with E-state index >= 15 is 0 Å². The molecule has 2 aromatic rings. The van der Waals surface area contributed by atoms with Gasteiger partial charge in [-0.1, -0.05) is 6.07 Å². The maximum atomic E-state index is 13.2. The fraction of sp³-hybridized carbons (Fsp3) is 0.0833. The Kier molecular flexibility index (Phi) is 3.00. The summed E-state index contributed by atoms with van der Waals surface area (Å²) in [5, 5.41) is 0. The van der Waals surface area contributed by atoms with Crippen LogP contribution in [0, 0.1) is 5.82 Å². The van der Waals surface area contributed by atoms with E-state index in [1.54, 1.807) is 24.4 Å². The van der Waals surface area contributed by atoms with Crippen LogP contribution < -0.4 is 0 Å². The number of rotatable bonds is 3. The van der Waals surface area contributed by atoms with Crippen molar-refractivity contribution in [1.82, 2.24) is 9.97 Å². The number of ketones is 1. The van der Waals surface area contributed by atoms with E-state index in [1.165, 1.54) is 18.3 Å². The van der Waals surface area contributed by atoms with Gasteiger partial charge in [-0.05, 0) is 24.3 Å². The van der Waals surface area contributed by atoms with Crippen molar-refractivity contribution in [2.45, 2.75) is 6.42 Å². The smallest absolute Gasteiger partial charge is 0.190 e. The third-order valence-electron chi connectivity index (χ3n) is 2.09. The zero-order chi connectivity index (χ0) is 11.4. The molecule has 80 valence electrons. The molecule has 2 aromatic heterocycles. The minimum atomic E-state index is -0.594. The van der Waals surface area contributed by atoms with Gasteiger partial charge in [0, 0.05) is 18.1 Å². The highest BCUT2D eigenvalue weighted by molar-refractivity contribution is 5.95. The molecule has 2 rings (SSSR count). The molecule has 0 saturated heterocycles. The number of nitrogens with zero attached hydrogens (tertiary/aromatic N) is 2. The molecular formula is C12H9FN2O. The first kappa shape index (κ1) is 10.4. The second-order valence-electron chi connectivity index (χ2n) is 3.25. The van der Waals surface area contributed by atoms with Gasteiger partial charge in [0.1, 0.15) is 5.69 Å². The highest BCUT2D eigenvalue weighted by Gasteiger charge is 2.13. The van der Waals surface area contributed by atoms with Crippen LogP contribution in [0.4, 0.5) is 4.39 Å². The minimum absolute atomic E-state index is 0.0643. The minimum Gasteiger partial charge on any atom is -0.292 e. The van der Waals surface area contributed by atoms with E-state index in [2.05, 4.69) is 9.97 Å². The first-order valence-electron chi connectivity index (χ1n) is 4.81. The summed E-state index contributed by atoms with van der Waals surface area (Å²) in [5.41, 5.74) is 0.478. The Morgan fingerprint density at radius 1 is 1.12 bits per heavy atom. The molecule has 0 aliphatic heterocycles. The van der Waals surface area contributed by atoms with Crippen LogP contribution in [0.5, 0.6) is 0 Å². The third kappa shape index (κ3) is 2.28. The molecule has 0 spiro atoms. The number of Topliss-reactive ketones (excluding diaryl/α,β-unsaturated/α-hetero) is 1. The second kappa shape index (κ2) is 4.61. The van der Waals surface area contributed by atoms with E-state index in [0.29, 0.717) is 5.69 Å². The van der Waals surface area contributed by atoms with Crippen molar-refractivity contribution in [1.29, 1.82) is 0 Å². The van der Waals surface area contributed by atoms with Crippen molar-refractivity contribution in [3.8, 4) is 0 Å². The summed E-state index contributed by atoms with van der Waals surface area (Å²) in [7, 11) is 0. The van der Waals surface area contributed by atoms with Crippen molar-refractivity contribution in [3.63, 3.8) is 0 Å². The summed E-state index contributed by atoms with van der Waals surface area (Å²) in [6, 6.07) is 7.93. The van der Waals surface area contributed by atoms with Gasteiger partial charge in [0.25, 0.3) is 0 Å². The Labute approximate surface area is 92.0 Å². The predicted octanol–water partition coefficient (Wildman–Crippen LogP) is 2.04. The van der Waals surface area contributed by atoms with E-state index in [0.717, 1.165) is 0 Å². The number of carbonyl (C=O) groups excluding carboxylic acids is 1. The number of hydrogen-bond donors (Lipinski definition) is 0. The van der Waals surface area contributed by atoms with Gasteiger partial charge in [-0.3, -0.25) is 14.8 Å². The lowest BCUT2D eigenvalue weighted by molar-refractivity contribution is 0.0983. The van der Waals surface area contributed by atoms with Crippen LogP contribution in [0.1, 0.15) is 16.2 Å². The zero-order valence-electron chi connectivity index (χ0n) is 8.43. The second-order valence-corrected chi connectivity index (χ2v) is 3.25. The molecule has 0 aliphatic carbocycles. The Hall–Kier alpha value is -2.10. The Bertz CT molecular complexity index is 499. The van der Waals surface area contributed by atoms with Gasteiger partial charge in [-0.25, -0.2) is 4.39 Å². The highest BCUT2D eigenvalue weighted by Crippen LogP contribution is 2.07. The molecule has 0 radical (unpaired) electrons. The largest absolute Gasteiger partial charge is 0.292 e. The predicted molar refractivity (Wildman–Crippen MR) is 56.5 cm³/mol. The van der Waals surface area contributed by atoms with E-state index in [1.807, 2.05) is 0 Å². The maximum Gasteiger partial charge on any atom is 0.190 e. The average molecular weight is 216 g/mol. The Morgan fingerprint density at radius 2 is 1.94 bits per heavy atom. The normalized spacial score (nSPS) is 10.1. The first-order valence-corrected chi connectivity index (χ1v) is 4.81. The number of aromatic nitrogens is 2. The van der Waals surface area contributed by atoms with Gasteiger partial charge in [0.2, 0.25) is 0 Å². The zero-order valence-corrected chi connectivity index (χ0v) is 8.43. The molecule has 3 nitrogen and oxygen atoms in total. The molecule has 0 bridgehead atoms. The standard InChI is InChI=1S/C12H9FN2O/c13-10-5-3-7-15-12(10)11(16)8-9-4-1-2-6-14-9/h1-7H,8H2. The monoisotopic (exact) mass is 216 g/mol. The molecule has 0 aliphatic rings. The summed E-state index contributed by atoms with van der Waals surface area (Å²) in [4.78, 5) is 19.4. The van der Waals surface area contributed by atoms with Crippen molar-refractivity contribution in [2.75, 3.05) is 0 Å². The molecule has 0 N–H and O–H groups in total. The Balaban J connectivity index is 2.19. The lowest BCUT2D eigenvalue weighted by atomic mass is 10.1. The number of carbonyl (C=O) groups is 1. The molecule has 4 heteroatoms. The van der Waals surface area contributed by atoms with E-state index in [-0.39, 0.29) is 17.9 Å². The van der Waals surface area contributed by atoms with E-state index in [4.69, 9.17) is 0 Å². The lowest BCUT2D eigenvalue weighted by Gasteiger charge is -2.00. The molecule has 0 atom stereocenters. The number of pyridine rings is 2. The SMILES string of the molecule is O=C(Cc1ccccn1)c1ncccc1F. The summed E-state index contributed by atoms with van der Waals surface area (Å²) >= 11 is 0. The van der Waals surface area contributed by atoms with Crippen LogP contribution in [0.25, 0.3) is 0 Å². The number of halogens is 1. The summed E-state index contributed by atoms with van der Waals surface area (Å²) in [6.45, 7) is 0. The van der Waals surface area contributed by atoms with Gasteiger partial charge in [0.05, 0.1) is 6.42 Å². The van der Waals surface area contributed by atoms with Gasteiger partial charge in [-0.15, -0.1) is 0 Å². The molecule has 0 fully saturated rings. The lowest BCUT2D eigenvalue weighted by Crippen LogP contribution is -2.09. The van der Waals surface area contributed by atoms with Gasteiger partial charge >= 0.3 is 0 Å². The van der Waals surface area contributed by atoms with Crippen molar-refractivity contribution in [2.24, 2.45) is 0 Å². The highest BCUT2D eigenvalue weighted by atomic mass is 19.1. The van der Waals surface area contributed by atoms with E-state index < -0.39 is 5.82 Å². The molecule has 2 heterocycles. The first-order chi connectivity index (χ1) is 7.77. The molecule has 0 unspecified atom stereocenters. The fourth-order valence-electron chi connectivity index (χ4n) is 1.34. The van der Waals surface area contributed by atoms with Crippen molar-refractivity contribution >= 4 is 5.78 Å². The van der Waals surface area contributed by atoms with Crippen LogP contribution in [0.15, 0.2) is 42.7 Å². The van der Waals surface area contributed by atoms with Crippen LogP contribution in [0.2, 0.25) is 0 Å². The number of hydrogen-bond acceptors (Lipinski definition) is 3. The summed E-state index contributed by atoms with van der Waals surface area (Å²) in [5.74, 6) is -0.958. The van der Waals surface area contributed by atoms with Crippen LogP contribution >= 0.6 is 0 Å². The van der Waals surface area contributed by atoms with Crippen molar-refractivity contribution in [3.05, 3.63) is 59.9 Å². The average Bonchev–Trinajstić information content (AvgIpc) is 2.31. The molecule has 16 heavy (non-hydrogen) atoms. The molecular weight excluding hydrogens is 207 g/mol. The van der Waals surface area contributed by atoms with Crippen LogP contribution in [0.3, 0.4) is 0 Å². The quantitative estimate of drug-likeness (QED) is 0.737. The van der Waals surface area contributed by atoms with Crippen LogP contribution in [-0.4, -0.2) is 15.8 Å². The third-order valence-corrected chi connectivity index (χ3v) is 2.09.